The van der Waals surface area contributed by atoms with E-state index in [2.05, 4.69) is 38.3 Å². The van der Waals surface area contributed by atoms with Gasteiger partial charge in [0.05, 0.1) is 0 Å². The predicted molar refractivity (Wildman–Crippen MR) is 88.1 cm³/mol. The molecule has 1 aliphatic carbocycles. The van der Waals surface area contributed by atoms with Crippen molar-refractivity contribution in [1.82, 2.24) is 10.6 Å². The lowest BCUT2D eigenvalue weighted by atomic mass is 9.69. The van der Waals surface area contributed by atoms with E-state index in [0.717, 1.165) is 38.4 Å². The molecule has 0 aromatic rings. The third-order valence-corrected chi connectivity index (χ3v) is 5.70. The predicted octanol–water partition coefficient (Wildman–Crippen LogP) is 3.34. The number of rotatable bonds is 3. The van der Waals surface area contributed by atoms with E-state index in [1.54, 1.807) is 0 Å². The Kier molecular flexibility index (Phi) is 5.34. The molecule has 0 radical (unpaired) electrons. The molecule has 2 N–H and O–H groups in total. The molecule has 0 bridgehead atoms. The molecule has 0 aromatic heterocycles. The molecule has 3 heteroatoms. The van der Waals surface area contributed by atoms with Gasteiger partial charge >= 0.3 is 0 Å². The molecular weight excluding hydrogens is 260 g/mol. The zero-order valence-electron chi connectivity index (χ0n) is 14.4. The minimum Gasteiger partial charge on any atom is -0.355 e. The van der Waals surface area contributed by atoms with Crippen LogP contribution in [0.3, 0.4) is 0 Å². The molecule has 1 heterocycles. The summed E-state index contributed by atoms with van der Waals surface area (Å²) in [4.78, 5) is 12.4. The molecule has 1 aliphatic heterocycles. The van der Waals surface area contributed by atoms with Crippen LogP contribution < -0.4 is 10.6 Å². The summed E-state index contributed by atoms with van der Waals surface area (Å²) in [6.07, 6.45) is 7.01. The first kappa shape index (κ1) is 16.8. The first-order chi connectivity index (χ1) is 9.80. The highest BCUT2D eigenvalue weighted by atomic mass is 16.1. The molecule has 1 saturated carbocycles. The van der Waals surface area contributed by atoms with Crippen molar-refractivity contribution in [3.63, 3.8) is 0 Å². The van der Waals surface area contributed by atoms with E-state index >= 15 is 0 Å². The average Bonchev–Trinajstić information content (AvgIpc) is 2.45. The van der Waals surface area contributed by atoms with Crippen molar-refractivity contribution in [1.29, 1.82) is 0 Å². The maximum Gasteiger partial charge on any atom is 0.223 e. The number of hydrogen-bond acceptors (Lipinski definition) is 2. The molecule has 2 fully saturated rings. The summed E-state index contributed by atoms with van der Waals surface area (Å²) < 4.78 is 0. The van der Waals surface area contributed by atoms with Crippen LogP contribution in [0.4, 0.5) is 0 Å². The van der Waals surface area contributed by atoms with Gasteiger partial charge in [-0.25, -0.2) is 0 Å². The molecular formula is C18H34N2O. The van der Waals surface area contributed by atoms with Crippen LogP contribution in [0.15, 0.2) is 0 Å². The molecule has 1 saturated heterocycles. The van der Waals surface area contributed by atoms with Crippen molar-refractivity contribution in [2.75, 3.05) is 19.6 Å². The van der Waals surface area contributed by atoms with Crippen molar-refractivity contribution in [2.24, 2.45) is 22.7 Å². The number of carbonyl (C=O) groups is 1. The van der Waals surface area contributed by atoms with Crippen LogP contribution in [-0.4, -0.2) is 25.5 Å². The lowest BCUT2D eigenvalue weighted by Crippen LogP contribution is -2.47. The highest BCUT2D eigenvalue weighted by molar-refractivity contribution is 5.78. The summed E-state index contributed by atoms with van der Waals surface area (Å²) in [6, 6.07) is 0. The summed E-state index contributed by atoms with van der Waals surface area (Å²) in [5.74, 6) is 1.33. The van der Waals surface area contributed by atoms with Gasteiger partial charge in [-0.3, -0.25) is 4.79 Å². The topological polar surface area (TPSA) is 41.1 Å². The lowest BCUT2D eigenvalue weighted by molar-refractivity contribution is -0.127. The van der Waals surface area contributed by atoms with E-state index in [4.69, 9.17) is 0 Å². The Hall–Kier alpha value is -0.570. The van der Waals surface area contributed by atoms with Crippen molar-refractivity contribution in [2.45, 2.75) is 66.2 Å². The number of nitrogens with one attached hydrogen (secondary N) is 2. The normalized spacial score (nSPS) is 34.5. The molecule has 0 aromatic carbocycles. The van der Waals surface area contributed by atoms with Gasteiger partial charge in [0.1, 0.15) is 0 Å². The molecule has 122 valence electrons. The summed E-state index contributed by atoms with van der Waals surface area (Å²) in [6.45, 7) is 12.3. The molecule has 1 amide bonds. The lowest BCUT2D eigenvalue weighted by Gasteiger charge is -2.37. The second-order valence-electron chi connectivity index (χ2n) is 8.72. The SMILES string of the molecule is CC1(CNC(=O)C2CCC(C(C)(C)C)CC2)CCCNC1. The standard InChI is InChI=1S/C18H34N2O/c1-17(2,3)15-8-6-14(7-9-15)16(21)20-13-18(4)10-5-11-19-12-18/h14-15,19H,5-13H2,1-4H3,(H,20,21). The fourth-order valence-corrected chi connectivity index (χ4v) is 3.94. The Bertz CT molecular complexity index is 345. The summed E-state index contributed by atoms with van der Waals surface area (Å²) in [5.41, 5.74) is 0.638. The van der Waals surface area contributed by atoms with Gasteiger partial charge in [-0.1, -0.05) is 27.7 Å². The summed E-state index contributed by atoms with van der Waals surface area (Å²) in [5, 5.41) is 6.69. The summed E-state index contributed by atoms with van der Waals surface area (Å²) >= 11 is 0. The van der Waals surface area contributed by atoms with Crippen LogP contribution in [-0.2, 0) is 4.79 Å². The van der Waals surface area contributed by atoms with Crippen molar-refractivity contribution in [3.8, 4) is 0 Å². The number of piperidine rings is 1. The summed E-state index contributed by atoms with van der Waals surface area (Å²) in [7, 11) is 0. The molecule has 0 spiro atoms. The molecule has 3 nitrogen and oxygen atoms in total. The van der Waals surface area contributed by atoms with Gasteiger partial charge < -0.3 is 10.6 Å². The fraction of sp³-hybridized carbons (Fsp3) is 0.944. The number of hydrogen-bond donors (Lipinski definition) is 2. The maximum absolute atomic E-state index is 12.4. The molecule has 2 aliphatic rings. The smallest absolute Gasteiger partial charge is 0.223 e. The zero-order valence-corrected chi connectivity index (χ0v) is 14.4. The molecule has 1 atom stereocenters. The van der Waals surface area contributed by atoms with Crippen molar-refractivity contribution < 1.29 is 4.79 Å². The van der Waals surface area contributed by atoms with Crippen LogP contribution in [0.2, 0.25) is 0 Å². The van der Waals surface area contributed by atoms with Gasteiger partial charge in [-0.15, -0.1) is 0 Å². The first-order valence-electron chi connectivity index (χ1n) is 8.79. The van der Waals surface area contributed by atoms with Crippen LogP contribution in [0.1, 0.15) is 66.2 Å². The van der Waals surface area contributed by atoms with Gasteiger partial charge in [0.15, 0.2) is 0 Å². The third-order valence-electron chi connectivity index (χ3n) is 5.70. The second-order valence-corrected chi connectivity index (χ2v) is 8.72. The maximum atomic E-state index is 12.4. The highest BCUT2D eigenvalue weighted by Gasteiger charge is 2.33. The van der Waals surface area contributed by atoms with E-state index in [1.807, 2.05) is 0 Å². The van der Waals surface area contributed by atoms with E-state index in [9.17, 15) is 4.79 Å². The molecule has 1 unspecified atom stereocenters. The van der Waals surface area contributed by atoms with E-state index in [1.165, 1.54) is 25.7 Å². The number of carbonyl (C=O) groups excluding carboxylic acids is 1. The van der Waals surface area contributed by atoms with Gasteiger partial charge in [-0.05, 0) is 61.8 Å². The van der Waals surface area contributed by atoms with Crippen LogP contribution in [0.5, 0.6) is 0 Å². The minimum atomic E-state index is 0.247. The Morgan fingerprint density at radius 1 is 1.24 bits per heavy atom. The zero-order chi connectivity index (χ0) is 15.5. The van der Waals surface area contributed by atoms with Crippen LogP contribution >= 0.6 is 0 Å². The van der Waals surface area contributed by atoms with Gasteiger partial charge in [0, 0.05) is 19.0 Å². The van der Waals surface area contributed by atoms with Crippen LogP contribution in [0.25, 0.3) is 0 Å². The Balaban J connectivity index is 1.75. The Morgan fingerprint density at radius 2 is 1.90 bits per heavy atom. The van der Waals surface area contributed by atoms with E-state index < -0.39 is 0 Å². The molecule has 21 heavy (non-hydrogen) atoms. The van der Waals surface area contributed by atoms with E-state index in [0.29, 0.717) is 11.3 Å². The van der Waals surface area contributed by atoms with Gasteiger partial charge in [0.25, 0.3) is 0 Å². The fourth-order valence-electron chi connectivity index (χ4n) is 3.94. The van der Waals surface area contributed by atoms with Crippen LogP contribution in [0, 0.1) is 22.7 Å². The monoisotopic (exact) mass is 294 g/mol. The first-order valence-corrected chi connectivity index (χ1v) is 8.79. The van der Waals surface area contributed by atoms with Gasteiger partial charge in [0.2, 0.25) is 5.91 Å². The number of amides is 1. The minimum absolute atomic E-state index is 0.247. The second kappa shape index (κ2) is 6.68. The van der Waals surface area contributed by atoms with Gasteiger partial charge in [-0.2, -0.15) is 0 Å². The quantitative estimate of drug-likeness (QED) is 0.838. The average molecular weight is 294 g/mol. The van der Waals surface area contributed by atoms with Crippen molar-refractivity contribution >= 4 is 5.91 Å². The Labute approximate surface area is 130 Å². The molecule has 2 rings (SSSR count). The van der Waals surface area contributed by atoms with Crippen molar-refractivity contribution in [3.05, 3.63) is 0 Å². The largest absolute Gasteiger partial charge is 0.355 e. The third kappa shape index (κ3) is 4.70. The van der Waals surface area contributed by atoms with E-state index in [-0.39, 0.29) is 11.3 Å². The highest BCUT2D eigenvalue weighted by Crippen LogP contribution is 2.39. The Morgan fingerprint density at radius 3 is 2.43 bits per heavy atom.